The van der Waals surface area contributed by atoms with Crippen LogP contribution in [-0.4, -0.2) is 30.8 Å². The lowest BCUT2D eigenvalue weighted by Gasteiger charge is -2.14. The van der Waals surface area contributed by atoms with Gasteiger partial charge in [0, 0.05) is 7.05 Å². The summed E-state index contributed by atoms with van der Waals surface area (Å²) in [7, 11) is 1.70. The summed E-state index contributed by atoms with van der Waals surface area (Å²) in [5, 5.41) is 1.46. The van der Waals surface area contributed by atoms with Crippen LogP contribution in [0.5, 0.6) is 0 Å². The fraction of sp³-hybridized carbons (Fsp3) is 0.800. The van der Waals surface area contributed by atoms with Gasteiger partial charge in [-0.2, -0.15) is 0 Å². The summed E-state index contributed by atoms with van der Waals surface area (Å²) >= 11 is 0. The van der Waals surface area contributed by atoms with E-state index in [9.17, 15) is 4.79 Å². The van der Waals surface area contributed by atoms with Crippen LogP contribution in [0.1, 0.15) is 6.92 Å². The summed E-state index contributed by atoms with van der Waals surface area (Å²) in [5.74, 6) is 0. The third kappa shape index (κ3) is 0.977. The molecular weight excluding hydrogens is 120 g/mol. The largest absolute Gasteiger partial charge is 0.446 e. The predicted octanol–water partition coefficient (Wildman–Crippen LogP) is -0.0385. The molecule has 52 valence electrons. The van der Waals surface area contributed by atoms with Crippen LogP contribution in [0.4, 0.5) is 4.79 Å². The molecule has 0 aromatic carbocycles. The van der Waals surface area contributed by atoms with Gasteiger partial charge in [-0.3, -0.25) is 0 Å². The molecule has 4 heteroatoms. The molecule has 1 atom stereocenters. The normalized spacial score (nSPS) is 26.7. The van der Waals surface area contributed by atoms with Crippen LogP contribution >= 0.6 is 0 Å². The maximum Gasteiger partial charge on any atom is 0.424 e. The van der Waals surface area contributed by atoms with E-state index in [1.807, 2.05) is 6.92 Å². The summed E-state index contributed by atoms with van der Waals surface area (Å²) in [4.78, 5) is 10.7. The first-order valence-electron chi connectivity index (χ1n) is 2.89. The van der Waals surface area contributed by atoms with Crippen LogP contribution in [0.15, 0.2) is 0 Å². The zero-order valence-corrected chi connectivity index (χ0v) is 5.55. The fourth-order valence-electron chi connectivity index (χ4n) is 0.828. The lowest BCUT2D eigenvalue weighted by atomic mass is 10.4. The Kier molecular flexibility index (Phi) is 1.57. The number of cyclic esters (lactones) is 1. The van der Waals surface area contributed by atoms with Crippen LogP contribution in [0.25, 0.3) is 0 Å². The van der Waals surface area contributed by atoms with Gasteiger partial charge in [0.15, 0.2) is 0 Å². The van der Waals surface area contributed by atoms with E-state index in [1.165, 1.54) is 5.01 Å². The smallest absolute Gasteiger partial charge is 0.424 e. The second-order valence-corrected chi connectivity index (χ2v) is 2.02. The van der Waals surface area contributed by atoms with Crippen molar-refractivity contribution >= 4 is 6.09 Å². The van der Waals surface area contributed by atoms with Crippen molar-refractivity contribution < 1.29 is 9.53 Å². The van der Waals surface area contributed by atoms with E-state index in [4.69, 9.17) is 4.74 Å². The number of carbonyl (C=O) groups excluding carboxylic acids is 1. The molecule has 1 aliphatic heterocycles. The number of nitrogens with zero attached hydrogens (tertiary/aromatic N) is 1. The number of hydrazine groups is 1. The van der Waals surface area contributed by atoms with E-state index < -0.39 is 0 Å². The van der Waals surface area contributed by atoms with E-state index in [-0.39, 0.29) is 12.1 Å². The van der Waals surface area contributed by atoms with Gasteiger partial charge in [-0.1, -0.05) is 0 Å². The van der Waals surface area contributed by atoms with Crippen LogP contribution in [0.2, 0.25) is 0 Å². The van der Waals surface area contributed by atoms with E-state index in [1.54, 1.807) is 7.05 Å². The van der Waals surface area contributed by atoms with Gasteiger partial charge in [-0.15, -0.1) is 0 Å². The van der Waals surface area contributed by atoms with Crippen molar-refractivity contribution in [1.29, 1.82) is 0 Å². The topological polar surface area (TPSA) is 41.6 Å². The van der Waals surface area contributed by atoms with Crippen molar-refractivity contribution in [2.24, 2.45) is 0 Å². The summed E-state index contributed by atoms with van der Waals surface area (Å²) in [6.07, 6.45) is -0.287. The number of rotatable bonds is 1. The van der Waals surface area contributed by atoms with Crippen molar-refractivity contribution in [3.63, 3.8) is 0 Å². The SMILES string of the molecule is CNN1C(=O)OCC1C. The van der Waals surface area contributed by atoms with Crippen molar-refractivity contribution in [1.82, 2.24) is 10.4 Å². The summed E-state index contributed by atoms with van der Waals surface area (Å²) < 4.78 is 4.69. The first kappa shape index (κ1) is 6.35. The third-order valence-electron chi connectivity index (χ3n) is 1.33. The van der Waals surface area contributed by atoms with Crippen LogP contribution < -0.4 is 5.43 Å². The quantitative estimate of drug-likeness (QED) is 0.541. The highest BCUT2D eigenvalue weighted by molar-refractivity contribution is 5.69. The van der Waals surface area contributed by atoms with Gasteiger partial charge in [0.25, 0.3) is 0 Å². The molecule has 0 aromatic rings. The fourth-order valence-corrected chi connectivity index (χ4v) is 0.828. The van der Waals surface area contributed by atoms with Gasteiger partial charge >= 0.3 is 6.09 Å². The second kappa shape index (κ2) is 2.23. The molecule has 4 nitrogen and oxygen atoms in total. The molecule has 1 unspecified atom stereocenters. The highest BCUT2D eigenvalue weighted by Gasteiger charge is 2.27. The van der Waals surface area contributed by atoms with Gasteiger partial charge in [0.1, 0.15) is 6.61 Å². The molecule has 0 aliphatic carbocycles. The van der Waals surface area contributed by atoms with Crippen molar-refractivity contribution in [2.45, 2.75) is 13.0 Å². The Hall–Kier alpha value is -0.770. The minimum absolute atomic E-state index is 0.155. The van der Waals surface area contributed by atoms with Gasteiger partial charge in [0.2, 0.25) is 0 Å². The third-order valence-corrected chi connectivity index (χ3v) is 1.33. The summed E-state index contributed by atoms with van der Waals surface area (Å²) in [6, 6.07) is 0.155. The minimum Gasteiger partial charge on any atom is -0.446 e. The molecule has 1 heterocycles. The molecule has 0 aromatic heterocycles. The van der Waals surface area contributed by atoms with Gasteiger partial charge in [0.05, 0.1) is 6.04 Å². The molecule has 0 bridgehead atoms. The summed E-state index contributed by atoms with van der Waals surface area (Å²) in [5.41, 5.74) is 2.72. The number of amides is 1. The molecule has 1 N–H and O–H groups in total. The maximum absolute atomic E-state index is 10.7. The standard InChI is InChI=1S/C5H10N2O2/c1-4-3-9-5(8)7(4)6-2/h4,6H,3H2,1-2H3. The minimum atomic E-state index is -0.287. The number of nitrogens with one attached hydrogen (secondary N) is 1. The van der Waals surface area contributed by atoms with E-state index in [0.29, 0.717) is 6.61 Å². The lowest BCUT2D eigenvalue weighted by Crippen LogP contribution is -2.40. The molecule has 1 rings (SSSR count). The van der Waals surface area contributed by atoms with Crippen LogP contribution in [-0.2, 0) is 4.74 Å². The highest BCUT2D eigenvalue weighted by Crippen LogP contribution is 2.06. The number of ether oxygens (including phenoxy) is 1. The Balaban J connectivity index is 2.55. The lowest BCUT2D eigenvalue weighted by molar-refractivity contribution is 0.146. The maximum atomic E-state index is 10.7. The Bertz CT molecular complexity index is 126. The van der Waals surface area contributed by atoms with Crippen LogP contribution in [0, 0.1) is 0 Å². The average Bonchev–Trinajstić information content (AvgIpc) is 2.12. The van der Waals surface area contributed by atoms with E-state index in [2.05, 4.69) is 5.43 Å². The number of hydrogen-bond donors (Lipinski definition) is 1. The molecule has 0 saturated carbocycles. The molecule has 1 amide bonds. The number of carbonyl (C=O) groups is 1. The van der Waals surface area contributed by atoms with Crippen molar-refractivity contribution in [3.05, 3.63) is 0 Å². The van der Waals surface area contributed by atoms with Gasteiger partial charge in [-0.05, 0) is 6.92 Å². The molecule has 1 saturated heterocycles. The molecule has 1 fully saturated rings. The summed E-state index contributed by atoms with van der Waals surface area (Å²) in [6.45, 7) is 2.40. The Morgan fingerprint density at radius 1 is 1.89 bits per heavy atom. The zero-order valence-electron chi connectivity index (χ0n) is 5.55. The molecule has 0 spiro atoms. The van der Waals surface area contributed by atoms with E-state index in [0.717, 1.165) is 0 Å². The monoisotopic (exact) mass is 130 g/mol. The Morgan fingerprint density at radius 2 is 2.56 bits per heavy atom. The molecular formula is C5H10N2O2. The molecule has 1 aliphatic rings. The Morgan fingerprint density at radius 3 is 2.78 bits per heavy atom. The van der Waals surface area contributed by atoms with Gasteiger partial charge in [-0.25, -0.2) is 15.2 Å². The Labute approximate surface area is 53.7 Å². The second-order valence-electron chi connectivity index (χ2n) is 2.02. The average molecular weight is 130 g/mol. The van der Waals surface area contributed by atoms with Crippen molar-refractivity contribution in [2.75, 3.05) is 13.7 Å². The molecule has 9 heavy (non-hydrogen) atoms. The molecule has 0 radical (unpaired) electrons. The first-order valence-corrected chi connectivity index (χ1v) is 2.89. The van der Waals surface area contributed by atoms with Crippen LogP contribution in [0.3, 0.4) is 0 Å². The highest BCUT2D eigenvalue weighted by atomic mass is 16.6. The van der Waals surface area contributed by atoms with Gasteiger partial charge < -0.3 is 4.74 Å². The zero-order chi connectivity index (χ0) is 6.85. The number of hydrogen-bond acceptors (Lipinski definition) is 3. The first-order chi connectivity index (χ1) is 4.25. The predicted molar refractivity (Wildman–Crippen MR) is 31.7 cm³/mol. The van der Waals surface area contributed by atoms with E-state index >= 15 is 0 Å². The van der Waals surface area contributed by atoms with Crippen molar-refractivity contribution in [3.8, 4) is 0 Å².